The molecule has 1 fully saturated rings. The van der Waals surface area contributed by atoms with Gasteiger partial charge in [-0.25, -0.2) is 8.78 Å². The molecule has 18 heavy (non-hydrogen) atoms. The minimum atomic E-state index is -0.973. The van der Waals surface area contributed by atoms with E-state index in [-0.39, 0.29) is 16.2 Å². The van der Waals surface area contributed by atoms with Crippen molar-refractivity contribution in [1.82, 2.24) is 0 Å². The number of halogens is 2. The molecular weight excluding hydrogens is 254 g/mol. The zero-order valence-electron chi connectivity index (χ0n) is 10.0. The summed E-state index contributed by atoms with van der Waals surface area (Å²) >= 11 is 4.66. The Morgan fingerprint density at radius 1 is 1.28 bits per heavy atom. The summed E-state index contributed by atoms with van der Waals surface area (Å²) < 4.78 is 27.4. The second-order valence-electron chi connectivity index (χ2n) is 4.68. The molecule has 0 amide bonds. The second-order valence-corrected chi connectivity index (χ2v) is 5.12. The van der Waals surface area contributed by atoms with Crippen molar-refractivity contribution in [3.8, 4) is 0 Å². The molecule has 1 aromatic carbocycles. The normalized spacial score (nSPS) is 15.9. The first kappa shape index (κ1) is 13.2. The first-order valence-corrected chi connectivity index (χ1v) is 6.52. The number of benzene rings is 1. The van der Waals surface area contributed by atoms with Gasteiger partial charge in [-0.3, -0.25) is 0 Å². The van der Waals surface area contributed by atoms with E-state index in [2.05, 4.69) is 17.5 Å². The van der Waals surface area contributed by atoms with Crippen molar-refractivity contribution in [1.29, 1.82) is 0 Å². The van der Waals surface area contributed by atoms with Gasteiger partial charge in [-0.2, -0.15) is 0 Å². The zero-order chi connectivity index (χ0) is 13.1. The number of hydrogen-bond donors (Lipinski definition) is 2. The van der Waals surface area contributed by atoms with Crippen LogP contribution >= 0.6 is 12.2 Å². The van der Waals surface area contributed by atoms with Crippen LogP contribution in [0.2, 0.25) is 0 Å². The van der Waals surface area contributed by atoms with E-state index in [1.807, 2.05) is 0 Å². The monoisotopic (exact) mass is 270 g/mol. The highest BCUT2D eigenvalue weighted by molar-refractivity contribution is 7.80. The van der Waals surface area contributed by atoms with Gasteiger partial charge < -0.3 is 11.1 Å². The fourth-order valence-electron chi connectivity index (χ4n) is 2.35. The summed E-state index contributed by atoms with van der Waals surface area (Å²) in [5.41, 5.74) is 5.44. The Kier molecular flexibility index (Phi) is 4.11. The second kappa shape index (κ2) is 5.61. The van der Waals surface area contributed by atoms with Crippen molar-refractivity contribution in [2.24, 2.45) is 11.7 Å². The van der Waals surface area contributed by atoms with Gasteiger partial charge >= 0.3 is 0 Å². The molecule has 2 nitrogen and oxygen atoms in total. The lowest BCUT2D eigenvalue weighted by molar-refractivity contribution is 0.507. The van der Waals surface area contributed by atoms with E-state index >= 15 is 0 Å². The van der Waals surface area contributed by atoms with Crippen LogP contribution < -0.4 is 11.1 Å². The Bertz CT molecular complexity index is 457. The first-order chi connectivity index (χ1) is 8.59. The lowest BCUT2D eigenvalue weighted by Gasteiger charge is -2.13. The summed E-state index contributed by atoms with van der Waals surface area (Å²) in [4.78, 5) is -0.131. The maximum absolute atomic E-state index is 13.7. The average Bonchev–Trinajstić information content (AvgIpc) is 2.83. The summed E-state index contributed by atoms with van der Waals surface area (Å²) in [6.45, 7) is 0.683. The number of anilines is 1. The molecule has 2 rings (SSSR count). The van der Waals surface area contributed by atoms with Crippen molar-refractivity contribution in [2.45, 2.75) is 25.7 Å². The van der Waals surface area contributed by atoms with Crippen LogP contribution in [0, 0.1) is 17.6 Å². The van der Waals surface area contributed by atoms with Gasteiger partial charge in [0.25, 0.3) is 0 Å². The van der Waals surface area contributed by atoms with Crippen molar-refractivity contribution >= 4 is 22.9 Å². The third kappa shape index (κ3) is 2.77. The molecule has 0 unspecified atom stereocenters. The summed E-state index contributed by atoms with van der Waals surface area (Å²) in [5, 5.41) is 2.96. The van der Waals surface area contributed by atoms with Crippen molar-refractivity contribution < 1.29 is 8.78 Å². The maximum atomic E-state index is 13.7. The number of hydrogen-bond acceptors (Lipinski definition) is 2. The van der Waals surface area contributed by atoms with E-state index in [0.29, 0.717) is 12.5 Å². The standard InChI is InChI=1S/C13H16F2N2S/c14-11-9(13(16)18)5-6-10(12(11)15)17-7-8-3-1-2-4-8/h5-6,8,17H,1-4,7H2,(H2,16,18). The van der Waals surface area contributed by atoms with Gasteiger partial charge in [-0.15, -0.1) is 0 Å². The number of nitrogens with two attached hydrogens (primary N) is 1. The topological polar surface area (TPSA) is 38.0 Å². The molecule has 0 atom stereocenters. The zero-order valence-corrected chi connectivity index (χ0v) is 10.8. The SMILES string of the molecule is NC(=S)c1ccc(NCC2CCCC2)c(F)c1F. The van der Waals surface area contributed by atoms with E-state index in [4.69, 9.17) is 5.73 Å². The maximum Gasteiger partial charge on any atom is 0.182 e. The van der Waals surface area contributed by atoms with Gasteiger partial charge in [0.1, 0.15) is 4.99 Å². The molecule has 0 spiro atoms. The Hall–Kier alpha value is -1.23. The largest absolute Gasteiger partial charge is 0.389 e. The molecule has 0 aliphatic heterocycles. The summed E-state index contributed by atoms with van der Waals surface area (Å²) in [6.07, 6.45) is 4.76. The van der Waals surface area contributed by atoms with Crippen LogP contribution in [0.25, 0.3) is 0 Å². The third-order valence-electron chi connectivity index (χ3n) is 3.40. The minimum Gasteiger partial charge on any atom is -0.389 e. The molecule has 1 aromatic rings. The van der Waals surface area contributed by atoms with Gasteiger partial charge in [0, 0.05) is 12.1 Å². The average molecular weight is 270 g/mol. The number of rotatable bonds is 4. The molecule has 0 radical (unpaired) electrons. The van der Waals surface area contributed by atoms with E-state index in [1.165, 1.54) is 25.0 Å². The van der Waals surface area contributed by atoms with Crippen molar-refractivity contribution in [3.63, 3.8) is 0 Å². The summed E-state index contributed by atoms with van der Waals surface area (Å²) in [5.74, 6) is -1.32. The van der Waals surface area contributed by atoms with Gasteiger partial charge in [0.2, 0.25) is 0 Å². The van der Waals surface area contributed by atoms with Crippen LogP contribution in [0.15, 0.2) is 12.1 Å². The highest BCUT2D eigenvalue weighted by atomic mass is 32.1. The van der Waals surface area contributed by atoms with E-state index in [0.717, 1.165) is 12.8 Å². The molecule has 0 saturated heterocycles. The molecule has 98 valence electrons. The van der Waals surface area contributed by atoms with Crippen molar-refractivity contribution in [3.05, 3.63) is 29.3 Å². The fraction of sp³-hybridized carbons (Fsp3) is 0.462. The lowest BCUT2D eigenvalue weighted by Crippen LogP contribution is -2.16. The van der Waals surface area contributed by atoms with E-state index in [9.17, 15) is 8.78 Å². The molecule has 1 aliphatic carbocycles. The molecule has 5 heteroatoms. The third-order valence-corrected chi connectivity index (χ3v) is 3.62. The molecule has 0 bridgehead atoms. The molecule has 0 heterocycles. The molecule has 3 N–H and O–H groups in total. The molecule has 1 aliphatic rings. The molecule has 0 aromatic heterocycles. The van der Waals surface area contributed by atoms with Gasteiger partial charge in [0.05, 0.1) is 5.69 Å². The number of nitrogens with one attached hydrogen (secondary N) is 1. The van der Waals surface area contributed by atoms with E-state index in [1.54, 1.807) is 0 Å². The fourth-order valence-corrected chi connectivity index (χ4v) is 2.50. The van der Waals surface area contributed by atoms with Crippen LogP contribution in [0.1, 0.15) is 31.2 Å². The highest BCUT2D eigenvalue weighted by Crippen LogP contribution is 2.26. The van der Waals surface area contributed by atoms with Crippen LogP contribution in [0.4, 0.5) is 14.5 Å². The van der Waals surface area contributed by atoms with Gasteiger partial charge in [-0.1, -0.05) is 25.1 Å². The lowest BCUT2D eigenvalue weighted by atomic mass is 10.1. The Morgan fingerprint density at radius 3 is 2.56 bits per heavy atom. The minimum absolute atomic E-state index is 0.0473. The van der Waals surface area contributed by atoms with Gasteiger partial charge in [0.15, 0.2) is 11.6 Å². The summed E-state index contributed by atoms with van der Waals surface area (Å²) in [7, 11) is 0. The van der Waals surface area contributed by atoms with Gasteiger partial charge in [-0.05, 0) is 30.9 Å². The van der Waals surface area contributed by atoms with Crippen LogP contribution in [0.5, 0.6) is 0 Å². The predicted molar refractivity (Wildman–Crippen MR) is 72.7 cm³/mol. The Labute approximate surface area is 111 Å². The Balaban J connectivity index is 2.09. The number of thiocarbonyl (C=S) groups is 1. The van der Waals surface area contributed by atoms with Crippen LogP contribution in [-0.2, 0) is 0 Å². The highest BCUT2D eigenvalue weighted by Gasteiger charge is 2.18. The van der Waals surface area contributed by atoms with Crippen LogP contribution in [-0.4, -0.2) is 11.5 Å². The quantitative estimate of drug-likeness (QED) is 0.825. The van der Waals surface area contributed by atoms with Crippen LogP contribution in [0.3, 0.4) is 0 Å². The molecular formula is C13H16F2N2S. The molecule has 1 saturated carbocycles. The smallest absolute Gasteiger partial charge is 0.182 e. The van der Waals surface area contributed by atoms with E-state index < -0.39 is 11.6 Å². The first-order valence-electron chi connectivity index (χ1n) is 6.11. The summed E-state index contributed by atoms with van der Waals surface area (Å²) in [6, 6.07) is 2.90. The Morgan fingerprint density at radius 2 is 1.94 bits per heavy atom. The van der Waals surface area contributed by atoms with Crippen molar-refractivity contribution in [2.75, 3.05) is 11.9 Å². The predicted octanol–water partition coefficient (Wildman–Crippen LogP) is 3.20.